The Labute approximate surface area is 94.6 Å². The molecule has 92 valence electrons. The monoisotopic (exact) mass is 235 g/mol. The average molecular weight is 235 g/mol. The van der Waals surface area contributed by atoms with Gasteiger partial charge in [-0.05, 0) is 25.3 Å². The molecule has 0 amide bonds. The highest BCUT2D eigenvalue weighted by molar-refractivity contribution is 7.91. The van der Waals surface area contributed by atoms with Crippen molar-refractivity contribution in [1.82, 2.24) is 5.32 Å². The Hall–Kier alpha value is -0.0900. The SMILES string of the molecule is CCNC(CC)CS(=O)(=O)CCC(C)C. The van der Waals surface area contributed by atoms with Gasteiger partial charge in [0.1, 0.15) is 0 Å². The fourth-order valence-electron chi connectivity index (χ4n) is 1.41. The van der Waals surface area contributed by atoms with Crippen LogP contribution in [0, 0.1) is 5.92 Å². The van der Waals surface area contributed by atoms with E-state index in [0.717, 1.165) is 19.4 Å². The predicted octanol–water partition coefficient (Wildman–Crippen LogP) is 1.84. The second-order valence-electron chi connectivity index (χ2n) is 4.46. The van der Waals surface area contributed by atoms with Crippen LogP contribution < -0.4 is 5.32 Å². The molecule has 1 unspecified atom stereocenters. The van der Waals surface area contributed by atoms with E-state index in [1.54, 1.807) is 0 Å². The Morgan fingerprint density at radius 2 is 1.80 bits per heavy atom. The highest BCUT2D eigenvalue weighted by Crippen LogP contribution is 2.06. The molecule has 4 heteroatoms. The van der Waals surface area contributed by atoms with Crippen molar-refractivity contribution in [2.75, 3.05) is 18.1 Å². The molecule has 0 bridgehead atoms. The number of hydrogen-bond acceptors (Lipinski definition) is 3. The first-order valence-electron chi connectivity index (χ1n) is 5.85. The van der Waals surface area contributed by atoms with Crippen LogP contribution in [0.15, 0.2) is 0 Å². The molecule has 0 saturated carbocycles. The Bertz CT molecular complexity index is 247. The van der Waals surface area contributed by atoms with Crippen molar-refractivity contribution in [2.24, 2.45) is 5.92 Å². The van der Waals surface area contributed by atoms with Crippen LogP contribution in [-0.4, -0.2) is 32.5 Å². The van der Waals surface area contributed by atoms with Gasteiger partial charge in [-0.15, -0.1) is 0 Å². The first-order valence-corrected chi connectivity index (χ1v) is 7.67. The van der Waals surface area contributed by atoms with E-state index >= 15 is 0 Å². The maximum absolute atomic E-state index is 11.7. The lowest BCUT2D eigenvalue weighted by Crippen LogP contribution is -2.35. The topological polar surface area (TPSA) is 46.2 Å². The van der Waals surface area contributed by atoms with Crippen LogP contribution in [0.4, 0.5) is 0 Å². The zero-order valence-electron chi connectivity index (χ0n) is 10.4. The Morgan fingerprint density at radius 1 is 1.20 bits per heavy atom. The number of nitrogens with one attached hydrogen (secondary N) is 1. The summed E-state index contributed by atoms with van der Waals surface area (Å²) >= 11 is 0. The standard InChI is InChI=1S/C11H25NO2S/c1-5-11(12-6-2)9-15(13,14)8-7-10(3)4/h10-12H,5-9H2,1-4H3. The van der Waals surface area contributed by atoms with Gasteiger partial charge in [0.05, 0.1) is 11.5 Å². The molecule has 0 saturated heterocycles. The highest BCUT2D eigenvalue weighted by Gasteiger charge is 2.17. The van der Waals surface area contributed by atoms with Gasteiger partial charge in [-0.25, -0.2) is 8.42 Å². The van der Waals surface area contributed by atoms with E-state index in [9.17, 15) is 8.42 Å². The molecule has 1 atom stereocenters. The normalized spacial score (nSPS) is 14.5. The minimum absolute atomic E-state index is 0.118. The first-order chi connectivity index (χ1) is 6.91. The molecule has 0 fully saturated rings. The molecule has 3 nitrogen and oxygen atoms in total. The summed E-state index contributed by atoms with van der Waals surface area (Å²) in [5.74, 6) is 1.07. The van der Waals surface area contributed by atoms with Crippen molar-refractivity contribution in [2.45, 2.75) is 46.6 Å². The lowest BCUT2D eigenvalue weighted by atomic mass is 10.2. The molecule has 0 aliphatic heterocycles. The van der Waals surface area contributed by atoms with Gasteiger partial charge in [0.25, 0.3) is 0 Å². The van der Waals surface area contributed by atoms with E-state index < -0.39 is 9.84 Å². The van der Waals surface area contributed by atoms with Crippen LogP contribution in [0.25, 0.3) is 0 Å². The molecule has 1 N–H and O–H groups in total. The summed E-state index contributed by atoms with van der Waals surface area (Å²) in [7, 11) is -2.87. The summed E-state index contributed by atoms with van der Waals surface area (Å²) < 4.78 is 23.5. The molecule has 0 aromatic heterocycles. The van der Waals surface area contributed by atoms with Gasteiger partial charge in [-0.3, -0.25) is 0 Å². The molecule has 0 aliphatic rings. The van der Waals surface area contributed by atoms with E-state index in [4.69, 9.17) is 0 Å². The summed E-state index contributed by atoms with van der Waals surface area (Å²) in [6.45, 7) is 8.96. The average Bonchev–Trinajstić information content (AvgIpc) is 2.14. The molecular weight excluding hydrogens is 210 g/mol. The quantitative estimate of drug-likeness (QED) is 0.698. The smallest absolute Gasteiger partial charge is 0.151 e. The van der Waals surface area contributed by atoms with Gasteiger partial charge in [0.2, 0.25) is 0 Å². The summed E-state index contributed by atoms with van der Waals surface area (Å²) in [6.07, 6.45) is 1.64. The maximum atomic E-state index is 11.7. The largest absolute Gasteiger partial charge is 0.313 e. The fourth-order valence-corrected chi connectivity index (χ4v) is 3.38. The molecule has 0 rings (SSSR count). The van der Waals surface area contributed by atoms with Crippen LogP contribution >= 0.6 is 0 Å². The lowest BCUT2D eigenvalue weighted by molar-refractivity contribution is 0.528. The van der Waals surface area contributed by atoms with Crippen LogP contribution in [0.1, 0.15) is 40.5 Å². The van der Waals surface area contributed by atoms with Gasteiger partial charge >= 0.3 is 0 Å². The Morgan fingerprint density at radius 3 is 2.20 bits per heavy atom. The van der Waals surface area contributed by atoms with Crippen LogP contribution in [-0.2, 0) is 9.84 Å². The molecule has 0 aromatic rings. The molecule has 15 heavy (non-hydrogen) atoms. The van der Waals surface area contributed by atoms with Crippen molar-refractivity contribution in [3.8, 4) is 0 Å². The third-order valence-electron chi connectivity index (χ3n) is 2.45. The van der Waals surface area contributed by atoms with E-state index in [1.807, 2.05) is 13.8 Å². The minimum atomic E-state index is -2.87. The summed E-state index contributed by atoms with van der Waals surface area (Å²) in [4.78, 5) is 0. The van der Waals surface area contributed by atoms with Crippen molar-refractivity contribution in [3.63, 3.8) is 0 Å². The lowest BCUT2D eigenvalue weighted by Gasteiger charge is -2.16. The number of hydrogen-bond donors (Lipinski definition) is 1. The Balaban J connectivity index is 4.10. The van der Waals surface area contributed by atoms with Gasteiger partial charge in [0, 0.05) is 6.04 Å². The van der Waals surface area contributed by atoms with Crippen molar-refractivity contribution >= 4 is 9.84 Å². The highest BCUT2D eigenvalue weighted by atomic mass is 32.2. The first kappa shape index (κ1) is 14.9. The van der Waals surface area contributed by atoms with Gasteiger partial charge in [-0.1, -0.05) is 27.7 Å². The molecule has 0 radical (unpaired) electrons. The number of rotatable bonds is 8. The van der Waals surface area contributed by atoms with E-state index in [-0.39, 0.29) is 11.8 Å². The van der Waals surface area contributed by atoms with Crippen molar-refractivity contribution in [3.05, 3.63) is 0 Å². The summed E-state index contributed by atoms with van der Waals surface area (Å²) in [5.41, 5.74) is 0. The minimum Gasteiger partial charge on any atom is -0.313 e. The third kappa shape index (κ3) is 7.79. The summed E-state index contributed by atoms with van der Waals surface area (Å²) in [5, 5.41) is 3.20. The molecule has 0 aromatic carbocycles. The van der Waals surface area contributed by atoms with Gasteiger partial charge in [0.15, 0.2) is 9.84 Å². The fraction of sp³-hybridized carbons (Fsp3) is 1.00. The maximum Gasteiger partial charge on any atom is 0.151 e. The van der Waals surface area contributed by atoms with Crippen LogP contribution in [0.3, 0.4) is 0 Å². The molecule has 0 heterocycles. The summed E-state index contributed by atoms with van der Waals surface area (Å²) in [6, 6.07) is 0.118. The van der Waals surface area contributed by atoms with Gasteiger partial charge in [-0.2, -0.15) is 0 Å². The van der Waals surface area contributed by atoms with E-state index in [2.05, 4.69) is 19.2 Å². The van der Waals surface area contributed by atoms with Gasteiger partial charge < -0.3 is 5.32 Å². The van der Waals surface area contributed by atoms with Crippen molar-refractivity contribution < 1.29 is 8.42 Å². The van der Waals surface area contributed by atoms with Crippen LogP contribution in [0.2, 0.25) is 0 Å². The molecule has 0 aliphatic carbocycles. The molecule has 0 spiro atoms. The number of sulfone groups is 1. The zero-order chi connectivity index (χ0) is 11.9. The van der Waals surface area contributed by atoms with E-state index in [1.165, 1.54) is 0 Å². The predicted molar refractivity (Wildman–Crippen MR) is 65.9 cm³/mol. The zero-order valence-corrected chi connectivity index (χ0v) is 11.2. The van der Waals surface area contributed by atoms with Crippen LogP contribution in [0.5, 0.6) is 0 Å². The van der Waals surface area contributed by atoms with E-state index in [0.29, 0.717) is 11.7 Å². The second-order valence-corrected chi connectivity index (χ2v) is 6.69. The van der Waals surface area contributed by atoms with Crippen molar-refractivity contribution in [1.29, 1.82) is 0 Å². The second kappa shape index (κ2) is 7.23. The Kier molecular flexibility index (Phi) is 7.18. The molecular formula is C11H25NO2S. The third-order valence-corrected chi connectivity index (χ3v) is 4.21.